The number of nitrogens with one attached hydrogen (secondary N) is 3. The Labute approximate surface area is 358 Å². The van der Waals surface area contributed by atoms with E-state index >= 15 is 0 Å². The Balaban J connectivity index is 0.000000158. The van der Waals surface area contributed by atoms with Crippen molar-refractivity contribution in [2.45, 2.75) is 77.2 Å². The first kappa shape index (κ1) is 44.6. The largest absolute Gasteiger partial charge is 0.381 e. The summed E-state index contributed by atoms with van der Waals surface area (Å²) in [5.74, 6) is 4.21. The van der Waals surface area contributed by atoms with Crippen LogP contribution in [0.5, 0.6) is 0 Å². The smallest absolute Gasteiger partial charge is 0.276 e. The van der Waals surface area contributed by atoms with Crippen molar-refractivity contribution in [1.82, 2.24) is 49.4 Å². The quantitative estimate of drug-likeness (QED) is 0.171. The van der Waals surface area contributed by atoms with Gasteiger partial charge in [-0.25, -0.2) is 27.8 Å². The number of likely N-dealkylation sites (tertiary alicyclic amines) is 1. The molecule has 0 radical (unpaired) electrons. The van der Waals surface area contributed by atoms with Gasteiger partial charge in [-0.05, 0) is 62.3 Å². The van der Waals surface area contributed by atoms with Gasteiger partial charge in [0.15, 0.2) is 17.3 Å². The van der Waals surface area contributed by atoms with Crippen molar-refractivity contribution >= 4 is 17.3 Å². The molecule has 4 aliphatic heterocycles. The number of benzene rings is 2. The molecule has 0 bridgehead atoms. The van der Waals surface area contributed by atoms with Gasteiger partial charge in [-0.3, -0.25) is 19.3 Å². The fourth-order valence-electron chi connectivity index (χ4n) is 8.83. The predicted octanol–water partition coefficient (Wildman–Crippen LogP) is 5.60. The molecule has 3 N–H and O–H groups in total. The van der Waals surface area contributed by atoms with Crippen LogP contribution in [0, 0.1) is 23.5 Å². The van der Waals surface area contributed by atoms with Crippen LogP contribution in [0.2, 0.25) is 0 Å². The fourth-order valence-corrected chi connectivity index (χ4v) is 8.83. The summed E-state index contributed by atoms with van der Waals surface area (Å²) < 4.78 is 40.8. The molecule has 0 spiro atoms. The molecular weight excluding hydrogens is 799 g/mol. The van der Waals surface area contributed by atoms with Crippen LogP contribution in [0.25, 0.3) is 11.0 Å². The fraction of sp³-hybridized carbons (Fsp3) is 0.489. The van der Waals surface area contributed by atoms with Gasteiger partial charge >= 0.3 is 0 Å². The highest BCUT2D eigenvalue weighted by molar-refractivity contribution is 5.74. The van der Waals surface area contributed by atoms with Gasteiger partial charge in [0.1, 0.15) is 34.9 Å². The minimum absolute atomic E-state index is 0. The second kappa shape index (κ2) is 20.1. The average Bonchev–Trinajstić information content (AvgIpc) is 4.09. The van der Waals surface area contributed by atoms with Gasteiger partial charge in [-0.1, -0.05) is 51.6 Å². The molecule has 6 aromatic rings. The third-order valence-electron chi connectivity index (χ3n) is 12.4. The monoisotopic (exact) mass is 854 g/mol. The minimum atomic E-state index is -0.465. The maximum absolute atomic E-state index is 14.1. The molecule has 17 heteroatoms. The molecule has 330 valence electrons. The van der Waals surface area contributed by atoms with Crippen molar-refractivity contribution in [3.8, 4) is 0 Å². The van der Waals surface area contributed by atoms with Crippen molar-refractivity contribution in [1.29, 1.82) is 0 Å². The van der Waals surface area contributed by atoms with Crippen molar-refractivity contribution < 1.29 is 23.0 Å². The van der Waals surface area contributed by atoms with Crippen molar-refractivity contribution in [3.63, 3.8) is 0 Å². The van der Waals surface area contributed by atoms with Crippen LogP contribution >= 0.6 is 0 Å². The first-order valence-electron chi connectivity index (χ1n) is 21.2. The van der Waals surface area contributed by atoms with E-state index < -0.39 is 5.82 Å². The van der Waals surface area contributed by atoms with Gasteiger partial charge < -0.3 is 24.8 Å². The predicted molar refractivity (Wildman–Crippen MR) is 230 cm³/mol. The third kappa shape index (κ3) is 9.75. The number of H-pyrrole nitrogens is 2. The summed E-state index contributed by atoms with van der Waals surface area (Å²) in [6.45, 7) is 11.2. The Bertz CT molecular complexity index is 2560. The molecule has 4 aromatic heterocycles. The van der Waals surface area contributed by atoms with Crippen molar-refractivity contribution in [2.24, 2.45) is 11.8 Å². The molecule has 0 saturated carbocycles. The lowest BCUT2D eigenvalue weighted by Crippen LogP contribution is -2.24. The standard InChI is InChI=1S/C22H26FN5O2.C15H21N5O2.C7H5FO.CH4/c1-14-11-27(12-16-4-2-3-5-18(16)23)13-17(14)20-25-22(29)19-10-24-21(28(19)26-20)15-6-8-30-9-7-15;1-9-6-16-7-11(9)13-18-15(21)12-8-17-14(20(12)19-13)10-2-4-22-5-3-10;8-7-4-2-1-3-6(7)5-9;/h2-5,10,14-15,17H,6-9,11-13H2,1H3,(H,25,26,29);8-11,16H,2-7H2,1H3,(H,18,19,21);1-5H;1H4. The van der Waals surface area contributed by atoms with Crippen LogP contribution in [0.15, 0.2) is 70.5 Å². The number of hydrogen-bond donors (Lipinski definition) is 3. The van der Waals surface area contributed by atoms with Crippen molar-refractivity contribution in [3.05, 3.63) is 128 Å². The zero-order chi connectivity index (χ0) is 42.5. The van der Waals surface area contributed by atoms with Gasteiger partial charge in [0, 0.05) is 81.8 Å². The first-order valence-corrected chi connectivity index (χ1v) is 21.2. The Morgan fingerprint density at radius 1 is 0.710 bits per heavy atom. The number of carbonyl (C=O) groups excluding carboxylic acids is 1. The van der Waals surface area contributed by atoms with Crippen molar-refractivity contribution in [2.75, 3.05) is 52.6 Å². The maximum Gasteiger partial charge on any atom is 0.276 e. The molecule has 0 amide bonds. The van der Waals surface area contributed by atoms with Crippen LogP contribution in [0.3, 0.4) is 0 Å². The van der Waals surface area contributed by atoms with Crippen LogP contribution in [0.4, 0.5) is 8.78 Å². The lowest BCUT2D eigenvalue weighted by molar-refractivity contribution is 0.0831. The SMILES string of the molecule is C.CC1CN(Cc2ccccc2F)CC1c1nn2c(C3CCOCC3)ncc2c(=O)[nH]1.CC1CNCC1c1nn2c(C3CCOCC3)ncc2c(=O)[nH]1.O=Cc1ccccc1F. The zero-order valence-corrected chi connectivity index (χ0v) is 34.4. The van der Waals surface area contributed by atoms with E-state index in [-0.39, 0.29) is 47.7 Å². The molecular formula is C45H56F2N10O5. The first-order chi connectivity index (χ1) is 29.7. The van der Waals surface area contributed by atoms with E-state index in [9.17, 15) is 23.2 Å². The van der Waals surface area contributed by atoms with Gasteiger partial charge in [0.25, 0.3) is 11.1 Å². The average molecular weight is 855 g/mol. The van der Waals surface area contributed by atoms with E-state index in [1.54, 1.807) is 39.6 Å². The van der Waals surface area contributed by atoms with E-state index in [0.29, 0.717) is 66.2 Å². The van der Waals surface area contributed by atoms with Crippen LogP contribution in [-0.2, 0) is 16.0 Å². The number of rotatable bonds is 7. The van der Waals surface area contributed by atoms with Gasteiger partial charge in [-0.15, -0.1) is 0 Å². The van der Waals surface area contributed by atoms with Crippen LogP contribution in [0.1, 0.15) is 110 Å². The number of imidazole rings is 2. The lowest BCUT2D eigenvalue weighted by atomic mass is 9.97. The second-order valence-corrected chi connectivity index (χ2v) is 16.5. The number of ether oxygens (including phenoxy) is 2. The number of aromatic amines is 2. The molecule has 0 aliphatic carbocycles. The third-order valence-corrected chi connectivity index (χ3v) is 12.4. The molecule has 4 saturated heterocycles. The highest BCUT2D eigenvalue weighted by Gasteiger charge is 2.34. The summed E-state index contributed by atoms with van der Waals surface area (Å²) in [7, 11) is 0. The molecule has 8 heterocycles. The summed E-state index contributed by atoms with van der Waals surface area (Å²) in [6.07, 6.45) is 7.39. The Kier molecular flexibility index (Phi) is 14.5. The highest BCUT2D eigenvalue weighted by Crippen LogP contribution is 2.32. The van der Waals surface area contributed by atoms with Gasteiger partial charge in [0.2, 0.25) is 0 Å². The molecule has 4 unspecified atom stereocenters. The molecule has 10 rings (SSSR count). The number of fused-ring (bicyclic) bond motifs is 2. The van der Waals surface area contributed by atoms with E-state index in [1.807, 2.05) is 12.1 Å². The molecule has 4 aliphatic rings. The van der Waals surface area contributed by atoms with Gasteiger partial charge in [-0.2, -0.15) is 10.2 Å². The van der Waals surface area contributed by atoms with Gasteiger partial charge in [0.05, 0.1) is 18.0 Å². The van der Waals surface area contributed by atoms with Crippen LogP contribution in [-0.4, -0.2) is 103 Å². The zero-order valence-electron chi connectivity index (χ0n) is 34.4. The maximum atomic E-state index is 14.1. The van der Waals surface area contributed by atoms with Crippen LogP contribution < -0.4 is 16.4 Å². The molecule has 62 heavy (non-hydrogen) atoms. The summed E-state index contributed by atoms with van der Waals surface area (Å²) in [5, 5.41) is 12.9. The Hall–Kier alpha value is -5.49. The summed E-state index contributed by atoms with van der Waals surface area (Å²) in [4.78, 5) is 52.2. The number of carbonyl (C=O) groups is 1. The number of aldehydes is 1. The second-order valence-electron chi connectivity index (χ2n) is 16.5. The van der Waals surface area contributed by atoms with E-state index in [2.05, 4.69) is 44.0 Å². The molecule has 4 atom stereocenters. The summed E-state index contributed by atoms with van der Waals surface area (Å²) in [5.41, 5.74) is 1.55. The minimum Gasteiger partial charge on any atom is -0.381 e. The summed E-state index contributed by atoms with van der Waals surface area (Å²) >= 11 is 0. The normalized spacial score (nSPS) is 22.1. The number of halogens is 2. The number of aromatic nitrogens is 8. The topological polar surface area (TPSA) is 177 Å². The highest BCUT2D eigenvalue weighted by atomic mass is 19.1. The molecule has 2 aromatic carbocycles. The summed E-state index contributed by atoms with van der Waals surface area (Å²) in [6, 6.07) is 12.7. The molecule has 4 fully saturated rings. The van der Waals surface area contributed by atoms with E-state index in [4.69, 9.17) is 19.7 Å². The van der Waals surface area contributed by atoms with E-state index in [1.165, 1.54) is 18.2 Å². The Morgan fingerprint density at radius 3 is 1.74 bits per heavy atom. The molecule has 15 nitrogen and oxygen atoms in total. The number of hydrogen-bond acceptors (Lipinski definition) is 11. The number of nitrogens with zero attached hydrogens (tertiary/aromatic N) is 7. The lowest BCUT2D eigenvalue weighted by Gasteiger charge is -2.21. The van der Waals surface area contributed by atoms with E-state index in [0.717, 1.165) is 82.5 Å². The Morgan fingerprint density at radius 2 is 1.24 bits per heavy atom.